The van der Waals surface area contributed by atoms with Crippen LogP contribution in [0.2, 0.25) is 0 Å². The van der Waals surface area contributed by atoms with E-state index in [4.69, 9.17) is 0 Å². The zero-order valence-electron chi connectivity index (χ0n) is 14.9. The fraction of sp³-hybridized carbons (Fsp3) is 0.105. The molecule has 0 aliphatic carbocycles. The number of esters is 1. The van der Waals surface area contributed by atoms with Gasteiger partial charge in [-0.25, -0.2) is 14.8 Å². The molecule has 150 valence electrons. The van der Waals surface area contributed by atoms with Crippen LogP contribution in [0.3, 0.4) is 0 Å². The van der Waals surface area contributed by atoms with Crippen LogP contribution in [0.15, 0.2) is 59.3 Å². The van der Waals surface area contributed by atoms with Crippen molar-refractivity contribution in [3.8, 4) is 0 Å². The van der Waals surface area contributed by atoms with E-state index in [0.29, 0.717) is 27.4 Å². The molecule has 0 saturated carbocycles. The Kier molecular flexibility index (Phi) is 6.02. The van der Waals surface area contributed by atoms with Gasteiger partial charge in [-0.3, -0.25) is 0 Å². The number of ether oxygens (including phenoxy) is 1. The van der Waals surface area contributed by atoms with Crippen molar-refractivity contribution in [2.45, 2.75) is 6.18 Å². The maximum atomic E-state index is 12.9. The molecule has 0 atom stereocenters. The number of methoxy groups -OCH3 is 1. The van der Waals surface area contributed by atoms with Crippen LogP contribution in [-0.4, -0.2) is 23.0 Å². The first-order valence-electron chi connectivity index (χ1n) is 8.18. The van der Waals surface area contributed by atoms with E-state index in [1.165, 1.54) is 7.11 Å². The van der Waals surface area contributed by atoms with E-state index >= 15 is 0 Å². The predicted octanol–water partition coefficient (Wildman–Crippen LogP) is 5.53. The number of hydrogen-bond acceptors (Lipinski definition) is 6. The minimum Gasteiger partial charge on any atom is -0.465 e. The standard InChI is InChI=1S/C19H14BrF3N4O2/c1-29-18(28)11-2-4-13(5-3-11)25-14-9-15(20)26-17(10-14)27-16-8-12(6-7-24-16)19(21,22)23/h2-10H,1H3,(H2,24,25,26,27). The molecule has 29 heavy (non-hydrogen) atoms. The Labute approximate surface area is 172 Å². The highest BCUT2D eigenvalue weighted by molar-refractivity contribution is 9.10. The molecule has 0 fully saturated rings. The SMILES string of the molecule is COC(=O)c1ccc(Nc2cc(Br)nc(Nc3cc(C(F)(F)F)ccn3)c2)cc1. The number of alkyl halides is 3. The third kappa shape index (κ3) is 5.44. The van der Waals surface area contributed by atoms with Crippen LogP contribution in [0.1, 0.15) is 15.9 Å². The maximum Gasteiger partial charge on any atom is 0.416 e. The van der Waals surface area contributed by atoms with Gasteiger partial charge in [0.05, 0.1) is 18.2 Å². The third-order valence-corrected chi connectivity index (χ3v) is 4.14. The third-order valence-electron chi connectivity index (χ3n) is 3.73. The summed E-state index contributed by atoms with van der Waals surface area (Å²) >= 11 is 3.27. The van der Waals surface area contributed by atoms with Gasteiger partial charge in [-0.1, -0.05) is 0 Å². The number of anilines is 4. The van der Waals surface area contributed by atoms with E-state index < -0.39 is 17.7 Å². The average molecular weight is 467 g/mol. The van der Waals surface area contributed by atoms with E-state index in [-0.39, 0.29) is 5.82 Å². The number of benzene rings is 1. The normalized spacial score (nSPS) is 11.1. The molecule has 1 aromatic carbocycles. The highest BCUT2D eigenvalue weighted by Gasteiger charge is 2.30. The fourth-order valence-electron chi connectivity index (χ4n) is 2.41. The van der Waals surface area contributed by atoms with Crippen LogP contribution in [0.5, 0.6) is 0 Å². The summed E-state index contributed by atoms with van der Waals surface area (Å²) in [5.74, 6) is -0.137. The molecule has 2 N–H and O–H groups in total. The lowest BCUT2D eigenvalue weighted by Crippen LogP contribution is -2.06. The second-order valence-electron chi connectivity index (χ2n) is 5.81. The van der Waals surface area contributed by atoms with Crippen molar-refractivity contribution in [1.82, 2.24) is 9.97 Å². The van der Waals surface area contributed by atoms with Crippen LogP contribution in [-0.2, 0) is 10.9 Å². The lowest BCUT2D eigenvalue weighted by molar-refractivity contribution is -0.137. The van der Waals surface area contributed by atoms with Crippen molar-refractivity contribution in [2.24, 2.45) is 0 Å². The van der Waals surface area contributed by atoms with Crippen molar-refractivity contribution in [1.29, 1.82) is 0 Å². The van der Waals surface area contributed by atoms with E-state index in [1.54, 1.807) is 36.4 Å². The summed E-state index contributed by atoms with van der Waals surface area (Å²) in [5, 5.41) is 5.89. The molecule has 10 heteroatoms. The van der Waals surface area contributed by atoms with E-state index in [1.807, 2.05) is 0 Å². The van der Waals surface area contributed by atoms with Gasteiger partial charge in [0.25, 0.3) is 0 Å². The number of pyridine rings is 2. The molecule has 0 radical (unpaired) electrons. The van der Waals surface area contributed by atoms with E-state index in [9.17, 15) is 18.0 Å². The highest BCUT2D eigenvalue weighted by Crippen LogP contribution is 2.31. The quantitative estimate of drug-likeness (QED) is 0.380. The number of carbonyl (C=O) groups excluding carboxylic acids is 1. The van der Waals surface area contributed by atoms with Crippen molar-refractivity contribution < 1.29 is 22.7 Å². The fourth-order valence-corrected chi connectivity index (χ4v) is 2.85. The summed E-state index contributed by atoms with van der Waals surface area (Å²) in [5.41, 5.74) is 0.909. The Morgan fingerprint density at radius 1 is 1.00 bits per heavy atom. The molecule has 3 aromatic rings. The molecule has 0 unspecified atom stereocenters. The van der Waals surface area contributed by atoms with Gasteiger partial charge in [-0.2, -0.15) is 13.2 Å². The summed E-state index contributed by atoms with van der Waals surface area (Å²) in [7, 11) is 1.30. The maximum absolute atomic E-state index is 12.9. The number of rotatable bonds is 5. The van der Waals surface area contributed by atoms with Gasteiger partial charge in [0.15, 0.2) is 0 Å². The Morgan fingerprint density at radius 2 is 1.72 bits per heavy atom. The second kappa shape index (κ2) is 8.48. The Hall–Kier alpha value is -3.14. The van der Waals surface area contributed by atoms with Crippen LogP contribution < -0.4 is 10.6 Å². The zero-order valence-corrected chi connectivity index (χ0v) is 16.5. The summed E-state index contributed by atoms with van der Waals surface area (Å²) in [4.78, 5) is 19.6. The number of hydrogen-bond donors (Lipinski definition) is 2. The number of nitrogens with zero attached hydrogens (tertiary/aromatic N) is 2. The molecular weight excluding hydrogens is 453 g/mol. The van der Waals surface area contributed by atoms with Crippen LogP contribution in [0.4, 0.5) is 36.2 Å². The topological polar surface area (TPSA) is 76.1 Å². The number of halogens is 4. The molecule has 0 spiro atoms. The zero-order chi connectivity index (χ0) is 21.0. The Balaban J connectivity index is 1.79. The molecular formula is C19H14BrF3N4O2. The first kappa shape index (κ1) is 20.6. The van der Waals surface area contributed by atoms with Crippen molar-refractivity contribution in [3.63, 3.8) is 0 Å². The number of nitrogens with one attached hydrogen (secondary N) is 2. The van der Waals surface area contributed by atoms with Gasteiger partial charge >= 0.3 is 12.1 Å². The van der Waals surface area contributed by atoms with Crippen LogP contribution in [0, 0.1) is 0 Å². The lowest BCUT2D eigenvalue weighted by Gasteiger charge is -2.12. The minimum atomic E-state index is -4.47. The molecule has 2 aromatic heterocycles. The van der Waals surface area contributed by atoms with Crippen molar-refractivity contribution in [2.75, 3.05) is 17.7 Å². The van der Waals surface area contributed by atoms with Crippen molar-refractivity contribution in [3.05, 3.63) is 70.5 Å². The molecule has 0 saturated heterocycles. The van der Waals surface area contributed by atoms with Crippen LogP contribution >= 0.6 is 15.9 Å². The predicted molar refractivity (Wildman–Crippen MR) is 106 cm³/mol. The molecule has 3 rings (SSSR count). The Bertz CT molecular complexity index is 1030. The number of carbonyl (C=O) groups is 1. The smallest absolute Gasteiger partial charge is 0.416 e. The average Bonchev–Trinajstić information content (AvgIpc) is 2.67. The summed E-state index contributed by atoms with van der Waals surface area (Å²) in [6, 6.07) is 11.7. The lowest BCUT2D eigenvalue weighted by atomic mass is 10.2. The Morgan fingerprint density at radius 3 is 2.38 bits per heavy atom. The second-order valence-corrected chi connectivity index (χ2v) is 6.62. The first-order valence-corrected chi connectivity index (χ1v) is 8.97. The van der Waals surface area contributed by atoms with Gasteiger partial charge in [-0.05, 0) is 58.4 Å². The summed E-state index contributed by atoms with van der Waals surface area (Å²) < 4.78 is 43.7. The van der Waals surface area contributed by atoms with Crippen LogP contribution in [0.25, 0.3) is 0 Å². The van der Waals surface area contributed by atoms with Gasteiger partial charge in [-0.15, -0.1) is 0 Å². The van der Waals surface area contributed by atoms with Gasteiger partial charge < -0.3 is 15.4 Å². The molecule has 0 aliphatic heterocycles. The van der Waals surface area contributed by atoms with Gasteiger partial charge in [0, 0.05) is 23.6 Å². The first-order chi connectivity index (χ1) is 13.7. The highest BCUT2D eigenvalue weighted by atomic mass is 79.9. The van der Waals surface area contributed by atoms with Gasteiger partial charge in [0.1, 0.15) is 16.2 Å². The molecule has 0 bridgehead atoms. The number of aromatic nitrogens is 2. The van der Waals surface area contributed by atoms with E-state index in [0.717, 1.165) is 18.3 Å². The van der Waals surface area contributed by atoms with E-state index in [2.05, 4.69) is 41.3 Å². The molecule has 6 nitrogen and oxygen atoms in total. The molecule has 2 heterocycles. The monoisotopic (exact) mass is 466 g/mol. The minimum absolute atomic E-state index is 0.0128. The molecule has 0 amide bonds. The summed E-state index contributed by atoms with van der Waals surface area (Å²) in [6.45, 7) is 0. The molecule has 0 aliphatic rings. The van der Waals surface area contributed by atoms with Gasteiger partial charge in [0.2, 0.25) is 0 Å². The summed E-state index contributed by atoms with van der Waals surface area (Å²) in [6.07, 6.45) is -3.39. The largest absolute Gasteiger partial charge is 0.465 e. The van der Waals surface area contributed by atoms with Crippen molar-refractivity contribution >= 4 is 44.9 Å².